The molecule has 0 aliphatic carbocycles. The molecule has 1 heterocycles. The number of aryl methyl sites for hydroxylation is 1. The average molecular weight is 370 g/mol. The fourth-order valence-electron chi connectivity index (χ4n) is 2.37. The Balaban J connectivity index is 1.95. The first-order chi connectivity index (χ1) is 12.0. The lowest BCUT2D eigenvalue weighted by Crippen LogP contribution is -2.20. The van der Waals surface area contributed by atoms with Crippen molar-refractivity contribution < 1.29 is 4.79 Å². The highest BCUT2D eigenvalue weighted by atomic mass is 35.5. The maximum absolute atomic E-state index is 12.3. The maximum Gasteiger partial charge on any atom is 0.266 e. The number of nitrogens with one attached hydrogen (secondary N) is 1. The number of aromatic nitrogens is 1. The zero-order valence-electron chi connectivity index (χ0n) is 13.6. The molecular weight excluding hydrogens is 354 g/mol. The Kier molecular flexibility index (Phi) is 5.31. The standard InChI is InChI=1S/C20H16ClNO2S/c1-2-13-6-8-14(9-7-13)10-18-20(24)22-19(25-18)12-17(23)15-4-3-5-16(21)11-15/h3-12H,2H2,1H3,(H,22,24)/b18-10-,19-12-. The van der Waals surface area contributed by atoms with Gasteiger partial charge in [-0.1, -0.05) is 54.9 Å². The summed E-state index contributed by atoms with van der Waals surface area (Å²) >= 11 is 7.17. The SMILES string of the molecule is CCc1ccc(/C=c2\s/c(=C\C(=O)c3cccc(Cl)c3)[nH]c2=O)cc1. The highest BCUT2D eigenvalue weighted by molar-refractivity contribution is 7.07. The minimum absolute atomic E-state index is 0.196. The van der Waals surface area contributed by atoms with Gasteiger partial charge >= 0.3 is 0 Å². The minimum Gasteiger partial charge on any atom is -0.313 e. The lowest BCUT2D eigenvalue weighted by Gasteiger charge is -1.96. The van der Waals surface area contributed by atoms with Crippen molar-refractivity contribution in [2.75, 3.05) is 0 Å². The van der Waals surface area contributed by atoms with Crippen LogP contribution >= 0.6 is 22.9 Å². The van der Waals surface area contributed by atoms with Crippen LogP contribution in [0.25, 0.3) is 12.2 Å². The Hall–Kier alpha value is -2.43. The predicted molar refractivity (Wildman–Crippen MR) is 104 cm³/mol. The van der Waals surface area contributed by atoms with Crippen LogP contribution in [0.4, 0.5) is 0 Å². The third-order valence-corrected chi connectivity index (χ3v) is 4.94. The molecular formula is C20H16ClNO2S. The Bertz CT molecular complexity index is 1080. The van der Waals surface area contributed by atoms with Crippen molar-refractivity contribution in [1.82, 2.24) is 4.98 Å². The number of carbonyl (C=O) groups excluding carboxylic acids is 1. The third-order valence-electron chi connectivity index (χ3n) is 3.74. The smallest absolute Gasteiger partial charge is 0.266 e. The number of rotatable bonds is 4. The first kappa shape index (κ1) is 17.4. The van der Waals surface area contributed by atoms with Crippen molar-refractivity contribution in [3.8, 4) is 0 Å². The highest BCUT2D eigenvalue weighted by Gasteiger charge is 2.04. The van der Waals surface area contributed by atoms with Gasteiger partial charge in [0.25, 0.3) is 5.56 Å². The highest BCUT2D eigenvalue weighted by Crippen LogP contribution is 2.11. The van der Waals surface area contributed by atoms with Crippen molar-refractivity contribution >= 4 is 40.9 Å². The van der Waals surface area contributed by atoms with E-state index in [0.29, 0.717) is 19.8 Å². The molecule has 0 saturated heterocycles. The average Bonchev–Trinajstić information content (AvgIpc) is 2.94. The molecule has 3 rings (SSSR count). The van der Waals surface area contributed by atoms with Crippen LogP contribution in [0.2, 0.25) is 5.02 Å². The predicted octanol–water partition coefficient (Wildman–Crippen LogP) is 3.14. The molecule has 0 amide bonds. The normalized spacial score (nSPS) is 12.6. The number of thiazole rings is 1. The summed E-state index contributed by atoms with van der Waals surface area (Å²) in [5, 5.41) is 0.503. The van der Waals surface area contributed by atoms with Gasteiger partial charge in [-0.15, -0.1) is 11.3 Å². The van der Waals surface area contributed by atoms with Gasteiger partial charge in [0.15, 0.2) is 5.78 Å². The third kappa shape index (κ3) is 4.35. The molecule has 0 unspecified atom stereocenters. The summed E-state index contributed by atoms with van der Waals surface area (Å²) in [6.07, 6.45) is 4.23. The van der Waals surface area contributed by atoms with Crippen LogP contribution in [0, 0.1) is 0 Å². The lowest BCUT2D eigenvalue weighted by atomic mass is 10.1. The number of aromatic amines is 1. The van der Waals surface area contributed by atoms with Gasteiger partial charge in [-0.25, -0.2) is 0 Å². The molecule has 0 saturated carbocycles. The summed E-state index contributed by atoms with van der Waals surface area (Å²) in [5.74, 6) is -0.196. The van der Waals surface area contributed by atoms with Crippen LogP contribution in [0.3, 0.4) is 0 Å². The number of hydrogen-bond donors (Lipinski definition) is 1. The van der Waals surface area contributed by atoms with Gasteiger partial charge in [-0.3, -0.25) is 9.59 Å². The second kappa shape index (κ2) is 7.64. The number of benzene rings is 2. The minimum atomic E-state index is -0.199. The van der Waals surface area contributed by atoms with Gasteiger partial charge in [0.1, 0.15) is 0 Å². The van der Waals surface area contributed by atoms with E-state index in [2.05, 4.69) is 11.9 Å². The van der Waals surface area contributed by atoms with Crippen LogP contribution in [-0.4, -0.2) is 10.8 Å². The second-order valence-corrected chi connectivity index (χ2v) is 7.06. The molecule has 1 aromatic heterocycles. The van der Waals surface area contributed by atoms with Gasteiger partial charge < -0.3 is 4.98 Å². The number of hydrogen-bond acceptors (Lipinski definition) is 3. The second-order valence-electron chi connectivity index (χ2n) is 5.54. The number of halogens is 1. The molecule has 1 N–H and O–H groups in total. The number of H-pyrrole nitrogens is 1. The fourth-order valence-corrected chi connectivity index (χ4v) is 3.45. The van der Waals surface area contributed by atoms with E-state index in [4.69, 9.17) is 11.6 Å². The van der Waals surface area contributed by atoms with E-state index in [1.165, 1.54) is 23.0 Å². The molecule has 3 aromatic rings. The Labute approximate surface area is 153 Å². The molecule has 0 aliphatic heterocycles. The first-order valence-corrected chi connectivity index (χ1v) is 9.06. The quantitative estimate of drug-likeness (QED) is 0.718. The summed E-state index contributed by atoms with van der Waals surface area (Å²) in [6, 6.07) is 14.8. The zero-order chi connectivity index (χ0) is 17.8. The largest absolute Gasteiger partial charge is 0.313 e. The Morgan fingerprint density at radius 2 is 1.96 bits per heavy atom. The lowest BCUT2D eigenvalue weighted by molar-refractivity contribution is 0.106. The Morgan fingerprint density at radius 3 is 2.64 bits per heavy atom. The number of ketones is 1. The maximum atomic E-state index is 12.3. The van der Waals surface area contributed by atoms with Gasteiger partial charge in [0.05, 0.1) is 9.20 Å². The summed E-state index contributed by atoms with van der Waals surface area (Å²) in [7, 11) is 0. The van der Waals surface area contributed by atoms with E-state index in [0.717, 1.165) is 12.0 Å². The molecule has 25 heavy (non-hydrogen) atoms. The molecule has 0 fully saturated rings. The topological polar surface area (TPSA) is 49.9 Å². The summed E-state index contributed by atoms with van der Waals surface area (Å²) in [5.41, 5.74) is 2.49. The van der Waals surface area contributed by atoms with Gasteiger partial charge in [-0.2, -0.15) is 0 Å². The summed E-state index contributed by atoms with van der Waals surface area (Å²) in [4.78, 5) is 27.1. The van der Waals surface area contributed by atoms with Crippen LogP contribution in [-0.2, 0) is 6.42 Å². The molecule has 0 radical (unpaired) electrons. The van der Waals surface area contributed by atoms with E-state index in [9.17, 15) is 9.59 Å². The van der Waals surface area contributed by atoms with E-state index >= 15 is 0 Å². The van der Waals surface area contributed by atoms with E-state index in [-0.39, 0.29) is 11.3 Å². The molecule has 3 nitrogen and oxygen atoms in total. The zero-order valence-corrected chi connectivity index (χ0v) is 15.2. The van der Waals surface area contributed by atoms with E-state index in [1.54, 1.807) is 24.3 Å². The van der Waals surface area contributed by atoms with Crippen molar-refractivity contribution in [1.29, 1.82) is 0 Å². The van der Waals surface area contributed by atoms with Crippen molar-refractivity contribution in [3.63, 3.8) is 0 Å². The first-order valence-electron chi connectivity index (χ1n) is 7.86. The Morgan fingerprint density at radius 1 is 1.20 bits per heavy atom. The molecule has 2 aromatic carbocycles. The molecule has 0 atom stereocenters. The van der Waals surface area contributed by atoms with Gasteiger partial charge in [0, 0.05) is 16.7 Å². The van der Waals surface area contributed by atoms with Crippen LogP contribution < -0.4 is 14.8 Å². The van der Waals surface area contributed by atoms with E-state index < -0.39 is 0 Å². The van der Waals surface area contributed by atoms with Crippen molar-refractivity contribution in [2.45, 2.75) is 13.3 Å². The monoisotopic (exact) mass is 369 g/mol. The summed E-state index contributed by atoms with van der Waals surface area (Å²) < 4.78 is 1.08. The van der Waals surface area contributed by atoms with Crippen LogP contribution in [0.5, 0.6) is 0 Å². The number of Topliss-reactive ketones (excluding diaryl/α,β-unsaturated/α-hetero) is 1. The molecule has 5 heteroatoms. The molecule has 0 bridgehead atoms. The van der Waals surface area contributed by atoms with Crippen molar-refractivity contribution in [2.24, 2.45) is 0 Å². The van der Waals surface area contributed by atoms with E-state index in [1.807, 2.05) is 30.3 Å². The molecule has 0 spiro atoms. The van der Waals surface area contributed by atoms with Crippen LogP contribution in [0.1, 0.15) is 28.4 Å². The van der Waals surface area contributed by atoms with Gasteiger partial charge in [-0.05, 0) is 35.8 Å². The van der Waals surface area contributed by atoms with Crippen molar-refractivity contribution in [3.05, 3.63) is 89.8 Å². The number of carbonyl (C=O) groups is 1. The summed E-state index contributed by atoms with van der Waals surface area (Å²) in [6.45, 7) is 2.10. The molecule has 126 valence electrons. The van der Waals surface area contributed by atoms with Crippen LogP contribution in [0.15, 0.2) is 53.3 Å². The van der Waals surface area contributed by atoms with Gasteiger partial charge in [0.2, 0.25) is 0 Å². The fraction of sp³-hybridized carbons (Fsp3) is 0.100. The molecule has 0 aliphatic rings.